The zero-order valence-corrected chi connectivity index (χ0v) is 19.0. The predicted octanol–water partition coefficient (Wildman–Crippen LogP) is 0.218. The summed E-state index contributed by atoms with van der Waals surface area (Å²) in [5.74, 6) is -2.10. The maximum atomic E-state index is 13.6. The maximum Gasteiger partial charge on any atom is 0.312 e. The van der Waals surface area contributed by atoms with Gasteiger partial charge in [-0.1, -0.05) is 31.8 Å². The average Bonchev–Trinajstić information content (AvgIpc) is 3.40. The van der Waals surface area contributed by atoms with Gasteiger partial charge in [0, 0.05) is 13.1 Å². The van der Waals surface area contributed by atoms with Crippen LogP contribution in [0.15, 0.2) is 12.7 Å². The number of nitrogens with two attached hydrogens (primary N) is 1. The number of likely N-dealkylation sites (tertiary alicyclic amines) is 1. The minimum absolute atomic E-state index is 0.000715. The molecule has 0 unspecified atom stereocenters. The summed E-state index contributed by atoms with van der Waals surface area (Å²) in [6.07, 6.45) is 8.90. The van der Waals surface area contributed by atoms with Crippen LogP contribution in [0.2, 0.25) is 0 Å². The number of rotatable bonds is 9. The van der Waals surface area contributed by atoms with E-state index in [0.29, 0.717) is 6.54 Å². The summed E-state index contributed by atoms with van der Waals surface area (Å²) in [4.78, 5) is 63.8. The minimum atomic E-state index is -0.795. The molecule has 0 radical (unpaired) electrons. The number of primary amides is 1. The first-order valence-corrected chi connectivity index (χ1v) is 11.9. The smallest absolute Gasteiger partial charge is 0.312 e. The number of ketones is 1. The van der Waals surface area contributed by atoms with Crippen LogP contribution in [-0.2, 0) is 19.2 Å². The van der Waals surface area contributed by atoms with E-state index in [1.807, 2.05) is 0 Å². The third-order valence-electron chi connectivity index (χ3n) is 7.21. The summed E-state index contributed by atoms with van der Waals surface area (Å²) < 4.78 is 0. The van der Waals surface area contributed by atoms with E-state index in [1.165, 1.54) is 6.08 Å². The van der Waals surface area contributed by atoms with E-state index in [-0.39, 0.29) is 30.2 Å². The van der Waals surface area contributed by atoms with Crippen molar-refractivity contribution in [3.05, 3.63) is 12.7 Å². The number of amides is 5. The van der Waals surface area contributed by atoms with Gasteiger partial charge >= 0.3 is 6.03 Å². The van der Waals surface area contributed by atoms with E-state index >= 15 is 0 Å². The number of Topliss-reactive ketones (excluding diaryl/α,β-unsaturated/α-hetero) is 1. The van der Waals surface area contributed by atoms with Crippen LogP contribution in [0.5, 0.6) is 0 Å². The van der Waals surface area contributed by atoms with Gasteiger partial charge in [-0.2, -0.15) is 0 Å². The lowest BCUT2D eigenvalue weighted by Gasteiger charge is -2.35. The number of nitrogens with zero attached hydrogens (tertiary/aromatic N) is 1. The van der Waals surface area contributed by atoms with Gasteiger partial charge in [-0.05, 0) is 43.4 Å². The Morgan fingerprint density at radius 2 is 1.73 bits per heavy atom. The Labute approximate surface area is 194 Å². The summed E-state index contributed by atoms with van der Waals surface area (Å²) in [6, 6.07) is -2.24. The van der Waals surface area contributed by atoms with Gasteiger partial charge < -0.3 is 26.6 Å². The molecule has 1 saturated heterocycles. The molecule has 2 aliphatic carbocycles. The highest BCUT2D eigenvalue weighted by Crippen LogP contribution is 2.43. The van der Waals surface area contributed by atoms with Gasteiger partial charge in [-0.25, -0.2) is 4.79 Å². The van der Waals surface area contributed by atoms with Crippen molar-refractivity contribution in [2.75, 3.05) is 19.6 Å². The lowest BCUT2D eigenvalue weighted by atomic mass is 9.83. The first kappa shape index (κ1) is 24.7. The zero-order valence-electron chi connectivity index (χ0n) is 19.0. The van der Waals surface area contributed by atoms with Gasteiger partial charge in [0.05, 0.1) is 6.54 Å². The number of urea groups is 1. The summed E-state index contributed by atoms with van der Waals surface area (Å²) in [5.41, 5.74) is 5.39. The molecule has 5 amide bonds. The van der Waals surface area contributed by atoms with Crippen molar-refractivity contribution in [3.63, 3.8) is 0 Å². The second-order valence-corrected chi connectivity index (χ2v) is 9.31. The third-order valence-corrected chi connectivity index (χ3v) is 7.21. The van der Waals surface area contributed by atoms with Gasteiger partial charge in [-0.3, -0.25) is 19.2 Å². The van der Waals surface area contributed by atoms with Gasteiger partial charge in [0.25, 0.3) is 5.91 Å². The molecule has 0 aromatic heterocycles. The highest BCUT2D eigenvalue weighted by atomic mass is 16.2. The molecule has 3 fully saturated rings. The second kappa shape index (κ2) is 11.3. The number of carbonyl (C=O) groups is 5. The molecule has 2 saturated carbocycles. The standard InChI is InChI=1S/C23H35N5O5/c1-2-11-25-20(30)17(29)12-26-21(31)19-16-10-6-9-15(16)13-28(19)22(32)18(27-23(24)33)14-7-4-3-5-8-14/h2,14-16,18-19H,1,3-13H2,(H,25,30)(H,26,31)(H3,24,27,33)/t15-,16-,18-,19-/m0/s1. The molecule has 4 atom stereocenters. The number of carbonyl (C=O) groups excluding carboxylic acids is 5. The van der Waals surface area contributed by atoms with Crippen LogP contribution in [0.25, 0.3) is 0 Å². The van der Waals surface area contributed by atoms with Gasteiger partial charge in [0.2, 0.25) is 17.6 Å². The molecule has 0 aromatic rings. The van der Waals surface area contributed by atoms with Crippen molar-refractivity contribution >= 4 is 29.5 Å². The Balaban J connectivity index is 1.72. The van der Waals surface area contributed by atoms with Gasteiger partial charge in [0.15, 0.2) is 0 Å². The summed E-state index contributed by atoms with van der Waals surface area (Å²) >= 11 is 0. The van der Waals surface area contributed by atoms with Crippen molar-refractivity contribution in [1.29, 1.82) is 0 Å². The molecule has 3 rings (SSSR count). The summed E-state index contributed by atoms with van der Waals surface area (Å²) in [7, 11) is 0. The molecule has 3 aliphatic rings. The van der Waals surface area contributed by atoms with Crippen LogP contribution in [0.4, 0.5) is 4.79 Å². The lowest BCUT2D eigenvalue weighted by molar-refractivity contribution is -0.143. The van der Waals surface area contributed by atoms with Crippen molar-refractivity contribution < 1.29 is 24.0 Å². The molecule has 10 nitrogen and oxygen atoms in total. The highest BCUT2D eigenvalue weighted by Gasteiger charge is 2.51. The van der Waals surface area contributed by atoms with E-state index in [1.54, 1.807) is 4.90 Å². The Kier molecular flexibility index (Phi) is 8.46. The summed E-state index contributed by atoms with van der Waals surface area (Å²) in [6.45, 7) is 3.63. The largest absolute Gasteiger partial charge is 0.352 e. The molecule has 0 spiro atoms. The molecular weight excluding hydrogens is 426 g/mol. The quantitative estimate of drug-likeness (QED) is 0.286. The molecule has 182 valence electrons. The SMILES string of the molecule is C=CCNC(=O)C(=O)CNC(=O)[C@@H]1[C@H]2CCC[C@H]2CN1C(=O)[C@@H](NC(N)=O)C1CCCCC1. The summed E-state index contributed by atoms with van der Waals surface area (Å²) in [5, 5.41) is 7.58. The number of hydrogen-bond acceptors (Lipinski definition) is 5. The Morgan fingerprint density at radius 3 is 2.39 bits per heavy atom. The third kappa shape index (κ3) is 5.91. The Bertz CT molecular complexity index is 794. The maximum absolute atomic E-state index is 13.6. The van der Waals surface area contributed by atoms with E-state index in [0.717, 1.165) is 51.4 Å². The van der Waals surface area contributed by atoms with E-state index in [2.05, 4.69) is 22.5 Å². The Hall–Kier alpha value is -2.91. The van der Waals surface area contributed by atoms with E-state index in [4.69, 9.17) is 5.73 Å². The first-order valence-electron chi connectivity index (χ1n) is 11.9. The molecule has 0 aromatic carbocycles. The minimum Gasteiger partial charge on any atom is -0.352 e. The molecule has 10 heteroatoms. The normalized spacial score (nSPS) is 25.6. The molecule has 0 bridgehead atoms. The average molecular weight is 462 g/mol. The van der Waals surface area contributed by atoms with Crippen molar-refractivity contribution in [3.8, 4) is 0 Å². The predicted molar refractivity (Wildman–Crippen MR) is 121 cm³/mol. The van der Waals surface area contributed by atoms with Crippen LogP contribution in [0.3, 0.4) is 0 Å². The number of fused-ring (bicyclic) bond motifs is 1. The lowest BCUT2D eigenvalue weighted by Crippen LogP contribution is -2.58. The van der Waals surface area contributed by atoms with Crippen LogP contribution in [-0.4, -0.2) is 66.2 Å². The van der Waals surface area contributed by atoms with Crippen LogP contribution in [0, 0.1) is 17.8 Å². The van der Waals surface area contributed by atoms with Gasteiger partial charge in [0.1, 0.15) is 12.1 Å². The fraction of sp³-hybridized carbons (Fsp3) is 0.696. The Morgan fingerprint density at radius 1 is 1.00 bits per heavy atom. The topological polar surface area (TPSA) is 151 Å². The van der Waals surface area contributed by atoms with Crippen LogP contribution < -0.4 is 21.7 Å². The number of nitrogens with one attached hydrogen (secondary N) is 3. The monoisotopic (exact) mass is 461 g/mol. The van der Waals surface area contributed by atoms with Crippen molar-refractivity contribution in [1.82, 2.24) is 20.9 Å². The molecule has 5 N–H and O–H groups in total. The van der Waals surface area contributed by atoms with Crippen molar-refractivity contribution in [2.45, 2.75) is 63.5 Å². The highest BCUT2D eigenvalue weighted by molar-refractivity contribution is 6.37. The number of hydrogen-bond donors (Lipinski definition) is 4. The zero-order chi connectivity index (χ0) is 24.0. The first-order chi connectivity index (χ1) is 15.8. The van der Waals surface area contributed by atoms with Crippen molar-refractivity contribution in [2.24, 2.45) is 23.5 Å². The molecule has 33 heavy (non-hydrogen) atoms. The fourth-order valence-electron chi connectivity index (χ4n) is 5.66. The fourth-order valence-corrected chi connectivity index (χ4v) is 5.66. The van der Waals surface area contributed by atoms with Crippen LogP contribution in [0.1, 0.15) is 51.4 Å². The molecule has 1 aliphatic heterocycles. The van der Waals surface area contributed by atoms with Gasteiger partial charge in [-0.15, -0.1) is 6.58 Å². The molecule has 1 heterocycles. The van der Waals surface area contributed by atoms with E-state index < -0.39 is 42.3 Å². The van der Waals surface area contributed by atoms with E-state index in [9.17, 15) is 24.0 Å². The second-order valence-electron chi connectivity index (χ2n) is 9.31. The van der Waals surface area contributed by atoms with Crippen LogP contribution >= 0.6 is 0 Å². The molecular formula is C23H35N5O5.